The molecule has 1 aromatic heterocycles. The zero-order valence-electron chi connectivity index (χ0n) is 25.9. The van der Waals surface area contributed by atoms with Gasteiger partial charge in [-0.3, -0.25) is 14.8 Å². The summed E-state index contributed by atoms with van der Waals surface area (Å²) in [4.78, 5) is 13.7. The van der Waals surface area contributed by atoms with Crippen molar-refractivity contribution < 1.29 is 4.92 Å². The Bertz CT molecular complexity index is 2000. The van der Waals surface area contributed by atoms with Crippen LogP contribution in [0.25, 0.3) is 21.8 Å². The Hall–Kier alpha value is -4.19. The minimum absolute atomic E-state index is 0.0426. The highest BCUT2D eigenvalue weighted by atomic mass is 31.2. The summed E-state index contributed by atoms with van der Waals surface area (Å²) in [5.74, 6) is 2.37. The maximum absolute atomic E-state index is 11.8. The molecule has 2 heterocycles. The van der Waals surface area contributed by atoms with Gasteiger partial charge in [0.05, 0.1) is 17.8 Å². The third kappa shape index (κ3) is 4.50. The van der Waals surface area contributed by atoms with Crippen LogP contribution >= 0.6 is 7.21 Å². The smallest absolute Gasteiger partial charge is 0.271 e. The third-order valence-electron chi connectivity index (χ3n) is 8.97. The summed E-state index contributed by atoms with van der Waals surface area (Å²) in [5.41, 5.74) is 7.35. The first-order chi connectivity index (χ1) is 20.5. The van der Waals surface area contributed by atoms with Gasteiger partial charge in [0.25, 0.3) is 5.69 Å². The lowest BCUT2D eigenvalue weighted by Gasteiger charge is -2.33. The van der Waals surface area contributed by atoms with Gasteiger partial charge in [-0.25, -0.2) is 4.74 Å². The maximum Gasteiger partial charge on any atom is 0.271 e. The highest BCUT2D eigenvalue weighted by molar-refractivity contribution is 7.74. The van der Waals surface area contributed by atoms with E-state index < -0.39 is 7.21 Å². The molecule has 0 spiro atoms. The van der Waals surface area contributed by atoms with Crippen LogP contribution in [0.1, 0.15) is 31.9 Å². The summed E-state index contributed by atoms with van der Waals surface area (Å²) in [6.45, 7) is 9.55. The number of para-hydroxylation sites is 2. The van der Waals surface area contributed by atoms with Gasteiger partial charge in [-0.2, -0.15) is 0 Å². The molecule has 0 bridgehead atoms. The lowest BCUT2D eigenvalue weighted by molar-refractivity contribution is -0.384. The van der Waals surface area contributed by atoms with E-state index in [-0.39, 0.29) is 16.0 Å². The Morgan fingerprint density at radius 1 is 0.953 bits per heavy atom. The number of non-ortho nitro benzene ring substituents is 1. The van der Waals surface area contributed by atoms with Crippen LogP contribution in [0.15, 0.2) is 101 Å². The second-order valence-electron chi connectivity index (χ2n) is 12.0. The van der Waals surface area contributed by atoms with Crippen molar-refractivity contribution in [2.24, 2.45) is 4.74 Å². The Morgan fingerprint density at radius 2 is 1.65 bits per heavy atom. The molecule has 1 aliphatic rings. The average Bonchev–Trinajstić information content (AvgIpc) is 3.41. The van der Waals surface area contributed by atoms with Crippen LogP contribution in [0.2, 0.25) is 0 Å². The number of benzene rings is 4. The molecule has 5 aromatic rings. The lowest BCUT2D eigenvalue weighted by atomic mass is 9.84. The molecule has 6 rings (SSSR count). The molecule has 8 heteroatoms. The Labute approximate surface area is 253 Å². The normalized spacial score (nSPS) is 16.7. The molecular formula is C35H38N5O2P. The fourth-order valence-electron chi connectivity index (χ4n) is 6.57. The van der Waals surface area contributed by atoms with Gasteiger partial charge in [0.2, 0.25) is 0 Å². The summed E-state index contributed by atoms with van der Waals surface area (Å²) in [5, 5.41) is 15.3. The summed E-state index contributed by atoms with van der Waals surface area (Å²) in [7, 11) is 3.61. The number of hydrogen-bond acceptors (Lipinski definition) is 4. The summed E-state index contributed by atoms with van der Waals surface area (Å²) >= 11 is 0. The molecule has 7 nitrogen and oxygen atoms in total. The molecule has 0 amide bonds. The molecule has 0 aliphatic carbocycles. The quantitative estimate of drug-likeness (QED) is 0.112. The summed E-state index contributed by atoms with van der Waals surface area (Å²) in [6, 6.07) is 28.8. The molecular weight excluding hydrogens is 553 g/mol. The Morgan fingerprint density at radius 3 is 2.35 bits per heavy atom. The van der Waals surface area contributed by atoms with Crippen molar-refractivity contribution in [2.45, 2.75) is 39.7 Å². The van der Waals surface area contributed by atoms with Gasteiger partial charge >= 0.3 is 0 Å². The molecule has 4 aromatic carbocycles. The van der Waals surface area contributed by atoms with Gasteiger partial charge < -0.3 is 9.47 Å². The lowest BCUT2D eigenvalue weighted by Crippen LogP contribution is -2.25. The summed E-state index contributed by atoms with van der Waals surface area (Å²) < 4.78 is 10.1. The van der Waals surface area contributed by atoms with E-state index in [1.807, 2.05) is 6.92 Å². The number of fused-ring (bicyclic) bond motifs is 4. The van der Waals surface area contributed by atoms with Crippen molar-refractivity contribution in [3.63, 3.8) is 0 Å². The molecule has 43 heavy (non-hydrogen) atoms. The number of nitro groups is 1. The number of likely N-dealkylation sites (N-methyl/N-ethyl adjacent to an activating group) is 1. The minimum Gasteiger partial charge on any atom is -0.347 e. The maximum atomic E-state index is 11.8. The third-order valence-corrected chi connectivity index (χ3v) is 12.4. The van der Waals surface area contributed by atoms with Crippen molar-refractivity contribution >= 4 is 51.4 Å². The van der Waals surface area contributed by atoms with E-state index in [0.29, 0.717) is 5.69 Å². The number of nitrogens with zero attached hydrogens (tertiary/aromatic N) is 5. The fraction of sp³-hybridized carbons (Fsp3) is 0.257. The van der Waals surface area contributed by atoms with Crippen LogP contribution in [0.4, 0.5) is 17.1 Å². The first kappa shape index (κ1) is 28.9. The van der Waals surface area contributed by atoms with Gasteiger partial charge in [-0.05, 0) is 75.2 Å². The van der Waals surface area contributed by atoms with E-state index in [4.69, 9.17) is 4.74 Å². The SMILES string of the molecule is CCn1c2ccccc2c2cc([P@](/C=C3/N(C)c4ccccc4C3(C)C)(=Nc3cc([N+](=O)[O-])ccc3C)N(C)C)ccc21. The van der Waals surface area contributed by atoms with Gasteiger partial charge in [0.15, 0.2) is 0 Å². The fourth-order valence-corrected chi connectivity index (χ4v) is 9.76. The number of hydrogen-bond donors (Lipinski definition) is 0. The number of allylic oxidation sites excluding steroid dienone is 1. The standard InChI is InChI=1S/C35H38N5O2P/c1-8-39-31-15-11-9-13-27(31)28-22-26(19-20-32(28)39)43(37(5)6,36-30-21-25(40(41)42)18-17-24(30)2)23-34-35(3,4)29-14-10-12-16-33(29)38(34)7/h9-23H,8H2,1-7H3/b34-23+/t43-/m1/s1. The van der Waals surface area contributed by atoms with Crippen molar-refractivity contribution in [1.82, 2.24) is 9.24 Å². The zero-order chi connectivity index (χ0) is 30.7. The van der Waals surface area contributed by atoms with E-state index in [9.17, 15) is 10.1 Å². The van der Waals surface area contributed by atoms with Crippen LogP contribution < -0.4 is 10.2 Å². The number of aryl methyl sites for hydroxylation is 2. The van der Waals surface area contributed by atoms with Crippen LogP contribution in [0, 0.1) is 17.0 Å². The number of nitro benzene ring substituents is 1. The Balaban J connectivity index is 1.72. The zero-order valence-corrected chi connectivity index (χ0v) is 26.8. The van der Waals surface area contributed by atoms with Gasteiger partial charge in [0, 0.05) is 69.6 Å². The highest BCUT2D eigenvalue weighted by Gasteiger charge is 2.40. The van der Waals surface area contributed by atoms with Crippen molar-refractivity contribution in [2.75, 3.05) is 26.0 Å². The predicted octanol–water partition coefficient (Wildman–Crippen LogP) is 8.93. The highest BCUT2D eigenvalue weighted by Crippen LogP contribution is 2.59. The van der Waals surface area contributed by atoms with E-state index in [0.717, 1.165) is 17.4 Å². The molecule has 0 fully saturated rings. The Kier molecular flexibility index (Phi) is 7.07. The monoisotopic (exact) mass is 591 g/mol. The largest absolute Gasteiger partial charge is 0.347 e. The molecule has 220 valence electrons. The number of anilines is 1. The second kappa shape index (κ2) is 10.5. The first-order valence-corrected chi connectivity index (χ1v) is 16.4. The van der Waals surface area contributed by atoms with Crippen molar-refractivity contribution in [1.29, 1.82) is 0 Å². The topological polar surface area (TPSA) is 66.9 Å². The molecule has 0 unspecified atom stereocenters. The first-order valence-electron chi connectivity index (χ1n) is 14.6. The van der Waals surface area contributed by atoms with E-state index >= 15 is 0 Å². The van der Waals surface area contributed by atoms with Crippen LogP contribution in [0.5, 0.6) is 0 Å². The summed E-state index contributed by atoms with van der Waals surface area (Å²) in [6.07, 6.45) is 0. The van der Waals surface area contributed by atoms with Gasteiger partial charge in [-0.15, -0.1) is 0 Å². The molecule has 0 saturated heterocycles. The number of rotatable bonds is 6. The molecule has 0 radical (unpaired) electrons. The van der Waals surface area contributed by atoms with E-state index in [2.05, 4.69) is 129 Å². The number of aromatic nitrogens is 1. The predicted molar refractivity (Wildman–Crippen MR) is 181 cm³/mol. The minimum atomic E-state index is -2.67. The average molecular weight is 592 g/mol. The molecule has 0 N–H and O–H groups in total. The van der Waals surface area contributed by atoms with Gasteiger partial charge in [-0.1, -0.05) is 56.3 Å². The van der Waals surface area contributed by atoms with Gasteiger partial charge in [0.1, 0.15) is 0 Å². The second-order valence-corrected chi connectivity index (χ2v) is 15.1. The van der Waals surface area contributed by atoms with Crippen molar-refractivity contribution in [3.05, 3.63) is 118 Å². The van der Waals surface area contributed by atoms with E-state index in [1.165, 1.54) is 38.8 Å². The van der Waals surface area contributed by atoms with Crippen LogP contribution in [-0.2, 0) is 12.0 Å². The van der Waals surface area contributed by atoms with Crippen LogP contribution in [-0.4, -0.2) is 35.3 Å². The molecule has 1 aliphatic heterocycles. The molecule has 0 saturated carbocycles. The van der Waals surface area contributed by atoms with Crippen molar-refractivity contribution in [3.8, 4) is 0 Å². The molecule has 1 atom stereocenters. The van der Waals surface area contributed by atoms with Crippen LogP contribution in [0.3, 0.4) is 0 Å². The van der Waals surface area contributed by atoms with E-state index in [1.54, 1.807) is 18.2 Å².